The van der Waals surface area contributed by atoms with Crippen LogP contribution in [0.15, 0.2) is 48.5 Å². The molecule has 0 bridgehead atoms. The number of carbonyl (C=O) groups is 1. The molecule has 1 aromatic heterocycles. The van der Waals surface area contributed by atoms with Crippen LogP contribution in [0, 0.1) is 0 Å². The number of fused-ring (bicyclic) bond motifs is 1. The highest BCUT2D eigenvalue weighted by Crippen LogP contribution is 2.31. The van der Waals surface area contributed by atoms with E-state index in [0.717, 1.165) is 48.4 Å². The molecule has 1 saturated heterocycles. The molecule has 1 aliphatic rings. The first-order valence-electron chi connectivity index (χ1n) is 9.74. The van der Waals surface area contributed by atoms with E-state index < -0.39 is 0 Å². The topological polar surface area (TPSA) is 61.0 Å². The van der Waals surface area contributed by atoms with Crippen LogP contribution in [-0.2, 0) is 0 Å². The molecule has 5 nitrogen and oxygen atoms in total. The summed E-state index contributed by atoms with van der Waals surface area (Å²) in [5, 5.41) is 3.06. The molecule has 1 aliphatic heterocycles. The number of amides is 2. The number of H-pyrrole nitrogens is 1. The van der Waals surface area contributed by atoms with Gasteiger partial charge in [-0.15, -0.1) is 0 Å². The molecular formula is C22H26N4O. The number of aromatic nitrogens is 2. The van der Waals surface area contributed by atoms with Crippen LogP contribution in [0.1, 0.15) is 56.5 Å². The van der Waals surface area contributed by atoms with Crippen molar-refractivity contribution in [1.82, 2.24) is 14.9 Å². The van der Waals surface area contributed by atoms with E-state index in [4.69, 9.17) is 4.98 Å². The van der Waals surface area contributed by atoms with Crippen molar-refractivity contribution >= 4 is 22.8 Å². The average Bonchev–Trinajstić information content (AvgIpc) is 3.12. The molecule has 0 spiro atoms. The zero-order chi connectivity index (χ0) is 18.8. The monoisotopic (exact) mass is 362 g/mol. The van der Waals surface area contributed by atoms with Gasteiger partial charge in [-0.3, -0.25) is 0 Å². The average molecular weight is 362 g/mol. The lowest BCUT2D eigenvalue weighted by molar-refractivity contribution is 0.160. The molecule has 2 heterocycles. The zero-order valence-corrected chi connectivity index (χ0v) is 15.9. The summed E-state index contributed by atoms with van der Waals surface area (Å²) in [4.78, 5) is 23.0. The van der Waals surface area contributed by atoms with Crippen LogP contribution in [0.3, 0.4) is 0 Å². The molecule has 4 rings (SSSR count). The smallest absolute Gasteiger partial charge is 0.322 e. The second-order valence-corrected chi connectivity index (χ2v) is 7.55. The van der Waals surface area contributed by atoms with Crippen LogP contribution in [-0.4, -0.2) is 27.4 Å². The van der Waals surface area contributed by atoms with Crippen LogP contribution in [0.2, 0.25) is 0 Å². The third kappa shape index (κ3) is 3.68. The number of rotatable bonds is 3. The first-order chi connectivity index (χ1) is 13.1. The Morgan fingerprint density at radius 2 is 1.93 bits per heavy atom. The van der Waals surface area contributed by atoms with E-state index in [1.54, 1.807) is 0 Å². The predicted molar refractivity (Wildman–Crippen MR) is 109 cm³/mol. The van der Waals surface area contributed by atoms with Crippen molar-refractivity contribution in [3.8, 4) is 0 Å². The Bertz CT molecular complexity index is 896. The normalized spacial score (nSPS) is 17.4. The number of carbonyl (C=O) groups excluding carboxylic acids is 1. The highest BCUT2D eigenvalue weighted by Gasteiger charge is 2.30. The van der Waals surface area contributed by atoms with Crippen LogP contribution in [0.5, 0.6) is 0 Å². The van der Waals surface area contributed by atoms with Gasteiger partial charge in [-0.05, 0) is 55.0 Å². The lowest BCUT2D eigenvalue weighted by Crippen LogP contribution is -2.41. The number of piperidine rings is 1. The molecular weight excluding hydrogens is 336 g/mol. The number of hydrogen-bond donors (Lipinski definition) is 2. The van der Waals surface area contributed by atoms with Crippen LogP contribution < -0.4 is 5.32 Å². The number of likely N-dealkylation sites (tertiary alicyclic amines) is 1. The van der Waals surface area contributed by atoms with Gasteiger partial charge in [0.05, 0.1) is 17.1 Å². The quantitative estimate of drug-likeness (QED) is 0.651. The Hall–Kier alpha value is -2.82. The highest BCUT2D eigenvalue weighted by atomic mass is 16.2. The number of para-hydroxylation sites is 2. The maximum atomic E-state index is 13.0. The summed E-state index contributed by atoms with van der Waals surface area (Å²) in [7, 11) is 0. The van der Waals surface area contributed by atoms with Crippen molar-refractivity contribution in [2.75, 3.05) is 11.9 Å². The Morgan fingerprint density at radius 1 is 1.15 bits per heavy atom. The van der Waals surface area contributed by atoms with E-state index >= 15 is 0 Å². The third-order valence-corrected chi connectivity index (χ3v) is 5.32. The molecule has 3 aromatic rings. The van der Waals surface area contributed by atoms with Gasteiger partial charge >= 0.3 is 6.03 Å². The molecule has 27 heavy (non-hydrogen) atoms. The van der Waals surface area contributed by atoms with Gasteiger partial charge in [-0.1, -0.05) is 38.1 Å². The molecule has 2 aromatic carbocycles. The van der Waals surface area contributed by atoms with E-state index in [9.17, 15) is 4.79 Å². The standard InChI is InChI=1S/C22H26N4O/c1-15(2)16-10-12-17(13-11-16)23-22(27)26-14-6-5-9-20(26)21-24-18-7-3-4-8-19(18)25-21/h3-4,7-8,10-13,15,20H,5-6,9,14H2,1-2H3,(H,23,27)(H,24,25)/t20-/m1/s1. The molecule has 0 saturated carbocycles. The van der Waals surface area contributed by atoms with E-state index in [2.05, 4.69) is 36.3 Å². The fourth-order valence-electron chi connectivity index (χ4n) is 3.74. The molecule has 2 amide bonds. The van der Waals surface area contributed by atoms with E-state index in [-0.39, 0.29) is 12.1 Å². The highest BCUT2D eigenvalue weighted by molar-refractivity contribution is 5.89. The van der Waals surface area contributed by atoms with Crippen molar-refractivity contribution in [3.05, 3.63) is 59.9 Å². The number of nitrogens with one attached hydrogen (secondary N) is 2. The van der Waals surface area contributed by atoms with Gasteiger partial charge in [0.25, 0.3) is 0 Å². The number of benzene rings is 2. The molecule has 0 radical (unpaired) electrons. The van der Waals surface area contributed by atoms with Crippen LogP contribution in [0.4, 0.5) is 10.5 Å². The molecule has 2 N–H and O–H groups in total. The van der Waals surface area contributed by atoms with Crippen molar-refractivity contribution in [2.24, 2.45) is 0 Å². The number of nitrogens with zero attached hydrogens (tertiary/aromatic N) is 2. The minimum atomic E-state index is -0.0579. The Morgan fingerprint density at radius 3 is 2.67 bits per heavy atom. The second kappa shape index (κ2) is 7.43. The number of aromatic amines is 1. The first kappa shape index (κ1) is 17.6. The third-order valence-electron chi connectivity index (χ3n) is 5.32. The molecule has 0 aliphatic carbocycles. The lowest BCUT2D eigenvalue weighted by Gasteiger charge is -2.34. The van der Waals surface area contributed by atoms with Crippen molar-refractivity contribution in [2.45, 2.75) is 45.1 Å². The van der Waals surface area contributed by atoms with Gasteiger partial charge in [0.2, 0.25) is 0 Å². The fourth-order valence-corrected chi connectivity index (χ4v) is 3.74. The minimum absolute atomic E-state index is 0.0129. The van der Waals surface area contributed by atoms with Gasteiger partial charge in [0.1, 0.15) is 5.82 Å². The number of imidazole rings is 1. The summed E-state index contributed by atoms with van der Waals surface area (Å²) < 4.78 is 0. The Labute approximate surface area is 159 Å². The van der Waals surface area contributed by atoms with Gasteiger partial charge in [-0.25, -0.2) is 9.78 Å². The summed E-state index contributed by atoms with van der Waals surface area (Å²) >= 11 is 0. The molecule has 1 fully saturated rings. The molecule has 1 atom stereocenters. The minimum Gasteiger partial charge on any atom is -0.340 e. The van der Waals surface area contributed by atoms with Gasteiger partial charge < -0.3 is 15.2 Å². The van der Waals surface area contributed by atoms with Gasteiger partial charge in [0, 0.05) is 12.2 Å². The van der Waals surface area contributed by atoms with E-state index in [1.807, 2.05) is 41.3 Å². The molecule has 140 valence electrons. The number of hydrogen-bond acceptors (Lipinski definition) is 2. The van der Waals surface area contributed by atoms with Crippen LogP contribution in [0.25, 0.3) is 11.0 Å². The molecule has 5 heteroatoms. The SMILES string of the molecule is CC(C)c1ccc(NC(=O)N2CCCC[C@@H]2c2nc3ccccc3[nH]2)cc1. The second-order valence-electron chi connectivity index (χ2n) is 7.55. The lowest BCUT2D eigenvalue weighted by atomic mass is 10.0. The number of urea groups is 1. The first-order valence-corrected chi connectivity index (χ1v) is 9.74. The van der Waals surface area contributed by atoms with Crippen molar-refractivity contribution < 1.29 is 4.79 Å². The predicted octanol–water partition coefficient (Wildman–Crippen LogP) is 5.45. The summed E-state index contributed by atoms with van der Waals surface area (Å²) in [5.41, 5.74) is 4.06. The van der Waals surface area contributed by atoms with Gasteiger partial charge in [-0.2, -0.15) is 0 Å². The molecule has 0 unspecified atom stereocenters. The Balaban J connectivity index is 1.53. The van der Waals surface area contributed by atoms with Crippen LogP contribution >= 0.6 is 0 Å². The zero-order valence-electron chi connectivity index (χ0n) is 15.9. The van der Waals surface area contributed by atoms with Crippen molar-refractivity contribution in [1.29, 1.82) is 0 Å². The maximum Gasteiger partial charge on any atom is 0.322 e. The summed E-state index contributed by atoms with van der Waals surface area (Å²) in [6.07, 6.45) is 3.06. The summed E-state index contributed by atoms with van der Waals surface area (Å²) in [6.45, 7) is 5.08. The number of anilines is 1. The van der Waals surface area contributed by atoms with Gasteiger partial charge in [0.15, 0.2) is 0 Å². The summed E-state index contributed by atoms with van der Waals surface area (Å²) in [5.74, 6) is 1.36. The Kier molecular flexibility index (Phi) is 4.84. The largest absolute Gasteiger partial charge is 0.340 e. The van der Waals surface area contributed by atoms with E-state index in [0.29, 0.717) is 5.92 Å². The maximum absolute atomic E-state index is 13.0. The fraction of sp³-hybridized carbons (Fsp3) is 0.364. The van der Waals surface area contributed by atoms with E-state index in [1.165, 1.54) is 5.56 Å². The van der Waals surface area contributed by atoms with Crippen molar-refractivity contribution in [3.63, 3.8) is 0 Å². The summed E-state index contributed by atoms with van der Waals surface area (Å²) in [6, 6.07) is 16.0.